The first-order valence-electron chi connectivity index (χ1n) is 6.45. The van der Waals surface area contributed by atoms with Crippen molar-refractivity contribution in [2.45, 2.75) is 52.1 Å². The van der Waals surface area contributed by atoms with Crippen LogP contribution in [0.25, 0.3) is 0 Å². The van der Waals surface area contributed by atoms with Crippen molar-refractivity contribution in [3.8, 4) is 0 Å². The molecule has 0 amide bonds. The van der Waals surface area contributed by atoms with Crippen molar-refractivity contribution in [3.63, 3.8) is 0 Å². The molecular formula is C13H20N2O3. The van der Waals surface area contributed by atoms with Gasteiger partial charge in [0.2, 0.25) is 0 Å². The van der Waals surface area contributed by atoms with E-state index in [4.69, 9.17) is 4.42 Å². The van der Waals surface area contributed by atoms with Crippen LogP contribution in [0.1, 0.15) is 45.3 Å². The predicted molar refractivity (Wildman–Crippen MR) is 68.2 cm³/mol. The van der Waals surface area contributed by atoms with Crippen LogP contribution in [-0.2, 0) is 6.54 Å². The second kappa shape index (κ2) is 5.10. The molecule has 0 aliphatic heterocycles. The molecule has 1 aliphatic carbocycles. The highest BCUT2D eigenvalue weighted by Gasteiger charge is 2.31. The number of nitro groups is 1. The molecular weight excluding hydrogens is 232 g/mol. The van der Waals surface area contributed by atoms with E-state index in [-0.39, 0.29) is 11.3 Å². The Morgan fingerprint density at radius 2 is 2.28 bits per heavy atom. The molecule has 2 rings (SSSR count). The molecule has 1 aromatic heterocycles. The number of nitrogens with one attached hydrogen (secondary N) is 1. The third-order valence-electron chi connectivity index (χ3n) is 3.86. The van der Waals surface area contributed by atoms with E-state index in [2.05, 4.69) is 19.2 Å². The minimum atomic E-state index is -0.506. The summed E-state index contributed by atoms with van der Waals surface area (Å²) in [6.07, 6.45) is 4.93. The zero-order valence-corrected chi connectivity index (χ0v) is 10.9. The fraction of sp³-hybridized carbons (Fsp3) is 0.692. The summed E-state index contributed by atoms with van der Waals surface area (Å²) in [5.74, 6) is 0.442. The van der Waals surface area contributed by atoms with Crippen LogP contribution in [0.15, 0.2) is 16.5 Å². The van der Waals surface area contributed by atoms with Gasteiger partial charge in [-0.3, -0.25) is 10.1 Å². The Balaban J connectivity index is 1.92. The lowest BCUT2D eigenvalue weighted by molar-refractivity contribution is -0.402. The zero-order chi connectivity index (χ0) is 13.2. The van der Waals surface area contributed by atoms with Gasteiger partial charge in [0, 0.05) is 6.04 Å². The van der Waals surface area contributed by atoms with Crippen molar-refractivity contribution in [3.05, 3.63) is 28.0 Å². The summed E-state index contributed by atoms with van der Waals surface area (Å²) in [4.78, 5) is 10.0. The van der Waals surface area contributed by atoms with Crippen LogP contribution in [0.3, 0.4) is 0 Å². The maximum Gasteiger partial charge on any atom is 0.433 e. The smallest absolute Gasteiger partial charge is 0.404 e. The normalized spacial score (nSPS) is 22.9. The van der Waals surface area contributed by atoms with E-state index in [1.165, 1.54) is 25.3 Å². The number of furan rings is 1. The Kier molecular flexibility index (Phi) is 3.71. The molecule has 1 unspecified atom stereocenters. The summed E-state index contributed by atoms with van der Waals surface area (Å²) in [5.41, 5.74) is 0.288. The van der Waals surface area contributed by atoms with Crippen LogP contribution in [0.4, 0.5) is 5.88 Å². The maximum atomic E-state index is 10.5. The molecule has 1 saturated carbocycles. The number of nitrogens with zero attached hydrogens (tertiary/aromatic N) is 1. The molecule has 0 radical (unpaired) electrons. The molecule has 0 bridgehead atoms. The second-order valence-electron chi connectivity index (χ2n) is 5.66. The van der Waals surface area contributed by atoms with Crippen molar-refractivity contribution >= 4 is 5.88 Å². The van der Waals surface area contributed by atoms with Crippen LogP contribution in [-0.4, -0.2) is 11.0 Å². The van der Waals surface area contributed by atoms with Gasteiger partial charge in [-0.2, -0.15) is 0 Å². The third kappa shape index (κ3) is 2.90. The average Bonchev–Trinajstić information content (AvgIpc) is 2.76. The first kappa shape index (κ1) is 13.1. The minimum absolute atomic E-state index is 0.185. The molecule has 5 nitrogen and oxygen atoms in total. The second-order valence-corrected chi connectivity index (χ2v) is 5.66. The van der Waals surface area contributed by atoms with Gasteiger partial charge in [0.15, 0.2) is 0 Å². The zero-order valence-electron chi connectivity index (χ0n) is 10.9. The van der Waals surface area contributed by atoms with E-state index in [0.717, 1.165) is 6.42 Å². The van der Waals surface area contributed by atoms with Crippen molar-refractivity contribution < 1.29 is 9.34 Å². The van der Waals surface area contributed by atoms with Crippen LogP contribution < -0.4 is 5.32 Å². The highest BCUT2D eigenvalue weighted by molar-refractivity contribution is 5.17. The van der Waals surface area contributed by atoms with Crippen molar-refractivity contribution in [1.82, 2.24) is 5.32 Å². The monoisotopic (exact) mass is 252 g/mol. The van der Waals surface area contributed by atoms with Gasteiger partial charge in [0.05, 0.1) is 12.6 Å². The predicted octanol–water partition coefficient (Wildman–Crippen LogP) is 3.25. The van der Waals surface area contributed by atoms with E-state index in [0.29, 0.717) is 18.3 Å². The van der Waals surface area contributed by atoms with Crippen LogP contribution in [0.5, 0.6) is 0 Å². The van der Waals surface area contributed by atoms with E-state index in [1.54, 1.807) is 6.07 Å². The Morgan fingerprint density at radius 3 is 2.89 bits per heavy atom. The highest BCUT2D eigenvalue weighted by atomic mass is 16.6. The number of hydrogen-bond acceptors (Lipinski definition) is 4. The van der Waals surface area contributed by atoms with E-state index in [9.17, 15) is 10.1 Å². The van der Waals surface area contributed by atoms with Gasteiger partial charge in [0.25, 0.3) is 0 Å². The standard InChI is InChI=1S/C13H20N2O3/c1-13(2)8-4-3-5-11(13)14-9-10-6-7-12(18-10)15(16)17/h6-7,11,14H,3-5,8-9H2,1-2H3. The summed E-state index contributed by atoms with van der Waals surface area (Å²) in [5, 5.41) is 14.0. The SMILES string of the molecule is CC1(C)CCCCC1NCc1ccc([N+](=O)[O-])o1. The summed E-state index contributed by atoms with van der Waals surface area (Å²) >= 11 is 0. The molecule has 0 spiro atoms. The lowest BCUT2D eigenvalue weighted by Gasteiger charge is -2.39. The lowest BCUT2D eigenvalue weighted by atomic mass is 9.73. The first-order valence-corrected chi connectivity index (χ1v) is 6.45. The molecule has 18 heavy (non-hydrogen) atoms. The van der Waals surface area contributed by atoms with Gasteiger partial charge in [0.1, 0.15) is 10.7 Å². The lowest BCUT2D eigenvalue weighted by Crippen LogP contribution is -2.43. The maximum absolute atomic E-state index is 10.5. The van der Waals surface area contributed by atoms with Gasteiger partial charge in [-0.25, -0.2) is 0 Å². The molecule has 100 valence electrons. The summed E-state index contributed by atoms with van der Waals surface area (Å²) in [7, 11) is 0. The molecule has 0 saturated heterocycles. The van der Waals surface area contributed by atoms with Gasteiger partial charge in [-0.05, 0) is 24.3 Å². The van der Waals surface area contributed by atoms with Crippen LogP contribution in [0.2, 0.25) is 0 Å². The molecule has 1 heterocycles. The topological polar surface area (TPSA) is 68.3 Å². The molecule has 5 heteroatoms. The summed E-state index contributed by atoms with van der Waals surface area (Å²) < 4.78 is 5.14. The van der Waals surface area contributed by atoms with Gasteiger partial charge in [-0.1, -0.05) is 26.7 Å². The van der Waals surface area contributed by atoms with Crippen LogP contribution >= 0.6 is 0 Å². The fourth-order valence-electron chi connectivity index (χ4n) is 2.66. The Hall–Kier alpha value is -1.36. The minimum Gasteiger partial charge on any atom is -0.404 e. The summed E-state index contributed by atoms with van der Waals surface area (Å²) in [6, 6.07) is 3.53. The third-order valence-corrected chi connectivity index (χ3v) is 3.86. The highest BCUT2D eigenvalue weighted by Crippen LogP contribution is 2.35. The quantitative estimate of drug-likeness (QED) is 0.659. The van der Waals surface area contributed by atoms with Crippen molar-refractivity contribution in [2.24, 2.45) is 5.41 Å². The van der Waals surface area contributed by atoms with Gasteiger partial charge >= 0.3 is 5.88 Å². The number of hydrogen-bond donors (Lipinski definition) is 1. The Morgan fingerprint density at radius 1 is 1.50 bits per heavy atom. The molecule has 1 aromatic rings. The fourth-order valence-corrected chi connectivity index (χ4v) is 2.66. The van der Waals surface area contributed by atoms with E-state index >= 15 is 0 Å². The molecule has 1 N–H and O–H groups in total. The van der Waals surface area contributed by atoms with Crippen LogP contribution in [0, 0.1) is 15.5 Å². The van der Waals surface area contributed by atoms with Crippen molar-refractivity contribution in [2.75, 3.05) is 0 Å². The average molecular weight is 252 g/mol. The first-order chi connectivity index (χ1) is 8.49. The van der Waals surface area contributed by atoms with E-state index < -0.39 is 4.92 Å². The van der Waals surface area contributed by atoms with Crippen molar-refractivity contribution in [1.29, 1.82) is 0 Å². The van der Waals surface area contributed by atoms with Gasteiger partial charge < -0.3 is 9.73 Å². The van der Waals surface area contributed by atoms with E-state index in [1.807, 2.05) is 0 Å². The molecule has 1 atom stereocenters. The number of rotatable bonds is 4. The summed E-state index contributed by atoms with van der Waals surface area (Å²) in [6.45, 7) is 5.10. The molecule has 1 aliphatic rings. The van der Waals surface area contributed by atoms with Gasteiger partial charge in [-0.15, -0.1) is 0 Å². The molecule has 1 fully saturated rings. The Labute approximate surface area is 107 Å². The Bertz CT molecular complexity index is 426. The largest absolute Gasteiger partial charge is 0.433 e. The molecule has 0 aromatic carbocycles.